The number of rotatable bonds is 1. The van der Waals surface area contributed by atoms with Gasteiger partial charge in [-0.3, -0.25) is 0 Å². The number of hydrogen-bond donors (Lipinski definition) is 1. The molecular weight excluding hydrogens is 278 g/mol. The smallest absolute Gasteiger partial charge is 0.410 e. The van der Waals surface area contributed by atoms with E-state index in [0.717, 1.165) is 5.92 Å². The molecular formula is C18H33NO3. The first-order chi connectivity index (χ1) is 10.2. The van der Waals surface area contributed by atoms with Crippen LogP contribution in [0.1, 0.15) is 60.3 Å². The maximum absolute atomic E-state index is 12.3. The number of carbonyl (C=O) groups is 1. The number of aliphatic hydroxyl groups is 1. The Morgan fingerprint density at radius 3 is 2.41 bits per heavy atom. The summed E-state index contributed by atoms with van der Waals surface area (Å²) in [6.45, 7) is 11.6. The van der Waals surface area contributed by atoms with Crippen molar-refractivity contribution in [2.24, 2.45) is 23.7 Å². The average Bonchev–Trinajstić information content (AvgIpc) is 2.40. The zero-order chi connectivity index (χ0) is 16.5. The molecule has 4 nitrogen and oxygen atoms in total. The van der Waals surface area contributed by atoms with E-state index in [0.29, 0.717) is 31.3 Å². The first-order valence-corrected chi connectivity index (χ1v) is 8.83. The fourth-order valence-electron chi connectivity index (χ4n) is 3.90. The number of amides is 1. The van der Waals surface area contributed by atoms with Gasteiger partial charge in [0.1, 0.15) is 5.60 Å². The summed E-state index contributed by atoms with van der Waals surface area (Å²) < 4.78 is 5.49. The van der Waals surface area contributed by atoms with E-state index in [9.17, 15) is 9.90 Å². The van der Waals surface area contributed by atoms with Crippen molar-refractivity contribution >= 4 is 6.09 Å². The molecule has 0 aromatic heterocycles. The van der Waals surface area contributed by atoms with Crippen LogP contribution in [0.2, 0.25) is 0 Å². The topological polar surface area (TPSA) is 49.8 Å². The van der Waals surface area contributed by atoms with Gasteiger partial charge >= 0.3 is 6.09 Å². The second-order valence-corrected chi connectivity index (χ2v) is 8.47. The van der Waals surface area contributed by atoms with Gasteiger partial charge in [0.15, 0.2) is 0 Å². The van der Waals surface area contributed by atoms with Crippen LogP contribution in [0.15, 0.2) is 0 Å². The van der Waals surface area contributed by atoms with Crippen LogP contribution in [0.3, 0.4) is 0 Å². The van der Waals surface area contributed by atoms with Crippen molar-refractivity contribution in [3.8, 4) is 0 Å². The van der Waals surface area contributed by atoms with Crippen LogP contribution in [0, 0.1) is 23.7 Å². The SMILES string of the molecule is CC1CCC(C2CN(C(=O)OC(C)(C)C)CCC2O)CC1C. The lowest BCUT2D eigenvalue weighted by atomic mass is 9.69. The Morgan fingerprint density at radius 2 is 1.82 bits per heavy atom. The van der Waals surface area contributed by atoms with E-state index in [1.54, 1.807) is 4.90 Å². The maximum Gasteiger partial charge on any atom is 0.410 e. The first-order valence-electron chi connectivity index (χ1n) is 8.83. The lowest BCUT2D eigenvalue weighted by Gasteiger charge is -2.43. The molecule has 22 heavy (non-hydrogen) atoms. The molecule has 1 aliphatic carbocycles. The average molecular weight is 311 g/mol. The van der Waals surface area contributed by atoms with Gasteiger partial charge < -0.3 is 14.7 Å². The summed E-state index contributed by atoms with van der Waals surface area (Å²) in [5, 5.41) is 10.4. The van der Waals surface area contributed by atoms with Crippen molar-refractivity contribution in [2.45, 2.75) is 72.0 Å². The summed E-state index contributed by atoms with van der Waals surface area (Å²) in [7, 11) is 0. The van der Waals surface area contributed by atoms with Gasteiger partial charge in [0, 0.05) is 19.0 Å². The Labute approximate surface area is 135 Å². The quantitative estimate of drug-likeness (QED) is 0.803. The highest BCUT2D eigenvalue weighted by Crippen LogP contribution is 2.40. The molecule has 5 unspecified atom stereocenters. The van der Waals surface area contributed by atoms with Gasteiger partial charge in [0.05, 0.1) is 6.10 Å². The monoisotopic (exact) mass is 311 g/mol. The number of piperidine rings is 1. The van der Waals surface area contributed by atoms with Crippen LogP contribution >= 0.6 is 0 Å². The van der Waals surface area contributed by atoms with E-state index in [1.165, 1.54) is 19.3 Å². The standard InChI is InChI=1S/C18H33NO3/c1-12-6-7-14(10-13(12)2)15-11-19(9-8-16(15)20)17(21)22-18(3,4)5/h12-16,20H,6-11H2,1-5H3. The molecule has 1 aliphatic heterocycles. The van der Waals surface area contributed by atoms with Crippen molar-refractivity contribution in [1.82, 2.24) is 4.90 Å². The minimum atomic E-state index is -0.461. The summed E-state index contributed by atoms with van der Waals surface area (Å²) in [4.78, 5) is 14.1. The van der Waals surface area contributed by atoms with Gasteiger partial charge in [-0.2, -0.15) is 0 Å². The van der Waals surface area contributed by atoms with Crippen LogP contribution in [-0.2, 0) is 4.74 Å². The molecule has 2 fully saturated rings. The third-order valence-electron chi connectivity index (χ3n) is 5.52. The summed E-state index contributed by atoms with van der Waals surface area (Å²) >= 11 is 0. The minimum absolute atomic E-state index is 0.205. The Kier molecular flexibility index (Phi) is 5.41. The maximum atomic E-state index is 12.3. The zero-order valence-electron chi connectivity index (χ0n) is 14.8. The Bertz CT molecular complexity index is 390. The van der Waals surface area contributed by atoms with Gasteiger partial charge in [-0.25, -0.2) is 4.79 Å². The van der Waals surface area contributed by atoms with E-state index in [4.69, 9.17) is 4.74 Å². The van der Waals surface area contributed by atoms with Crippen molar-refractivity contribution in [2.75, 3.05) is 13.1 Å². The highest BCUT2D eigenvalue weighted by Gasteiger charge is 2.39. The normalized spacial score (nSPS) is 37.0. The van der Waals surface area contributed by atoms with E-state index in [-0.39, 0.29) is 18.1 Å². The summed E-state index contributed by atoms with van der Waals surface area (Å²) in [5.41, 5.74) is -0.461. The van der Waals surface area contributed by atoms with Crippen LogP contribution < -0.4 is 0 Å². The van der Waals surface area contributed by atoms with Crippen LogP contribution in [0.25, 0.3) is 0 Å². The highest BCUT2D eigenvalue weighted by molar-refractivity contribution is 5.68. The molecule has 0 aromatic carbocycles. The van der Waals surface area contributed by atoms with Gasteiger partial charge in [-0.1, -0.05) is 20.3 Å². The molecule has 1 saturated carbocycles. The summed E-state index contributed by atoms with van der Waals surface area (Å²) in [6, 6.07) is 0. The number of aliphatic hydroxyl groups excluding tert-OH is 1. The molecule has 1 N–H and O–H groups in total. The lowest BCUT2D eigenvalue weighted by molar-refractivity contribution is -0.0325. The number of likely N-dealkylation sites (tertiary alicyclic amines) is 1. The fourth-order valence-corrected chi connectivity index (χ4v) is 3.90. The molecule has 0 bridgehead atoms. The Morgan fingerprint density at radius 1 is 1.14 bits per heavy atom. The molecule has 128 valence electrons. The number of ether oxygens (including phenoxy) is 1. The second kappa shape index (κ2) is 6.77. The lowest BCUT2D eigenvalue weighted by Crippen LogP contribution is -2.50. The van der Waals surface area contributed by atoms with Crippen molar-refractivity contribution in [1.29, 1.82) is 0 Å². The molecule has 4 heteroatoms. The predicted octanol–water partition coefficient (Wildman–Crippen LogP) is 3.68. The van der Waals surface area contributed by atoms with Crippen LogP contribution in [-0.4, -0.2) is 40.9 Å². The highest BCUT2D eigenvalue weighted by atomic mass is 16.6. The van der Waals surface area contributed by atoms with E-state index >= 15 is 0 Å². The van der Waals surface area contributed by atoms with E-state index < -0.39 is 5.60 Å². The molecule has 1 saturated heterocycles. The predicted molar refractivity (Wildman–Crippen MR) is 87.6 cm³/mol. The molecule has 2 rings (SSSR count). The molecule has 0 spiro atoms. The van der Waals surface area contributed by atoms with Gasteiger partial charge in [0.25, 0.3) is 0 Å². The van der Waals surface area contributed by atoms with Crippen LogP contribution in [0.4, 0.5) is 4.79 Å². The molecule has 0 aromatic rings. The third kappa shape index (κ3) is 4.37. The van der Waals surface area contributed by atoms with E-state index in [2.05, 4.69) is 13.8 Å². The molecule has 0 radical (unpaired) electrons. The molecule has 2 aliphatic rings. The number of carbonyl (C=O) groups excluding carboxylic acids is 1. The molecule has 1 amide bonds. The number of hydrogen-bond acceptors (Lipinski definition) is 3. The zero-order valence-corrected chi connectivity index (χ0v) is 14.8. The summed E-state index contributed by atoms with van der Waals surface area (Å²) in [5.74, 6) is 2.23. The molecule has 5 atom stereocenters. The van der Waals surface area contributed by atoms with Gasteiger partial charge in [-0.05, 0) is 57.8 Å². The van der Waals surface area contributed by atoms with E-state index in [1.807, 2.05) is 20.8 Å². The summed E-state index contributed by atoms with van der Waals surface area (Å²) in [6.07, 6.45) is 3.75. The Hall–Kier alpha value is -0.770. The number of nitrogens with zero attached hydrogens (tertiary/aromatic N) is 1. The van der Waals surface area contributed by atoms with Gasteiger partial charge in [0.2, 0.25) is 0 Å². The van der Waals surface area contributed by atoms with Crippen molar-refractivity contribution < 1.29 is 14.6 Å². The van der Waals surface area contributed by atoms with Gasteiger partial charge in [-0.15, -0.1) is 0 Å². The Balaban J connectivity index is 1.98. The second-order valence-electron chi connectivity index (χ2n) is 8.47. The molecule has 1 heterocycles. The van der Waals surface area contributed by atoms with Crippen molar-refractivity contribution in [3.63, 3.8) is 0 Å². The fraction of sp³-hybridized carbons (Fsp3) is 0.944. The largest absolute Gasteiger partial charge is 0.444 e. The minimum Gasteiger partial charge on any atom is -0.444 e. The van der Waals surface area contributed by atoms with Crippen molar-refractivity contribution in [3.05, 3.63) is 0 Å². The first kappa shape index (κ1) is 17.6. The third-order valence-corrected chi connectivity index (χ3v) is 5.52. The van der Waals surface area contributed by atoms with Crippen LogP contribution in [0.5, 0.6) is 0 Å².